The fourth-order valence-electron chi connectivity index (χ4n) is 2.29. The molecule has 0 radical (unpaired) electrons. The van der Waals surface area contributed by atoms with Crippen LogP contribution in [0.4, 0.5) is 5.82 Å². The minimum Gasteiger partial charge on any atom is -0.460 e. The third kappa shape index (κ3) is 2.93. The normalized spacial score (nSPS) is 18.7. The van der Waals surface area contributed by atoms with E-state index in [1.54, 1.807) is 0 Å². The number of furan rings is 1. The largest absolute Gasteiger partial charge is 0.460 e. The van der Waals surface area contributed by atoms with Gasteiger partial charge in [-0.2, -0.15) is 0 Å². The smallest absolute Gasteiger partial charge is 0.154 e. The third-order valence-electron chi connectivity index (χ3n) is 3.35. The Morgan fingerprint density at radius 2 is 2.26 bits per heavy atom. The molecule has 3 heterocycles. The number of aromatic nitrogens is 2. The van der Waals surface area contributed by atoms with E-state index >= 15 is 0 Å². The van der Waals surface area contributed by atoms with Crippen molar-refractivity contribution in [3.8, 4) is 11.5 Å². The molecule has 0 bridgehead atoms. The minimum atomic E-state index is 0.550. The summed E-state index contributed by atoms with van der Waals surface area (Å²) in [4.78, 5) is 0. The first kappa shape index (κ1) is 12.2. The summed E-state index contributed by atoms with van der Waals surface area (Å²) in [6, 6.07) is 8.25. The molecule has 3 rings (SSSR count). The summed E-state index contributed by atoms with van der Waals surface area (Å²) in [5, 5.41) is 15.1. The Balaban J connectivity index is 1.62. The van der Waals surface area contributed by atoms with E-state index in [-0.39, 0.29) is 0 Å². The van der Waals surface area contributed by atoms with Crippen LogP contribution >= 0.6 is 0 Å². The average molecular weight is 258 g/mol. The number of hydrogen-bond donors (Lipinski definition) is 2. The maximum absolute atomic E-state index is 5.52. The molecular weight excluding hydrogens is 240 g/mol. The minimum absolute atomic E-state index is 0.550. The number of aryl methyl sites for hydroxylation is 1. The molecule has 0 spiro atoms. The quantitative estimate of drug-likeness (QED) is 0.880. The third-order valence-corrected chi connectivity index (χ3v) is 3.35. The highest BCUT2D eigenvalue weighted by Crippen LogP contribution is 2.19. The SMILES string of the molecule is Cc1ccc(-c2ccc(NCC3CCCN3)nn2)o1. The van der Waals surface area contributed by atoms with Crippen molar-refractivity contribution in [2.75, 3.05) is 18.4 Å². The van der Waals surface area contributed by atoms with Gasteiger partial charge in [0.1, 0.15) is 17.3 Å². The van der Waals surface area contributed by atoms with Crippen LogP contribution in [0, 0.1) is 6.92 Å². The van der Waals surface area contributed by atoms with Crippen LogP contribution in [0.15, 0.2) is 28.7 Å². The zero-order valence-corrected chi connectivity index (χ0v) is 11.0. The average Bonchev–Trinajstić information content (AvgIpc) is 3.08. The second-order valence-electron chi connectivity index (χ2n) is 4.89. The highest BCUT2D eigenvalue weighted by Gasteiger charge is 2.13. The van der Waals surface area contributed by atoms with Gasteiger partial charge < -0.3 is 15.1 Å². The van der Waals surface area contributed by atoms with E-state index in [1.165, 1.54) is 12.8 Å². The van der Waals surface area contributed by atoms with Gasteiger partial charge in [-0.05, 0) is 50.6 Å². The van der Waals surface area contributed by atoms with Gasteiger partial charge in [-0.1, -0.05) is 0 Å². The molecule has 0 aromatic carbocycles. The Morgan fingerprint density at radius 3 is 2.89 bits per heavy atom. The van der Waals surface area contributed by atoms with Crippen LogP contribution in [-0.4, -0.2) is 29.3 Å². The number of hydrogen-bond acceptors (Lipinski definition) is 5. The van der Waals surface area contributed by atoms with E-state index in [0.29, 0.717) is 6.04 Å². The standard InChI is InChI=1S/C14H18N4O/c1-10-4-6-13(19-10)12-5-7-14(18-17-12)16-9-11-3-2-8-15-11/h4-7,11,15H,2-3,8-9H2,1H3,(H,16,18). The van der Waals surface area contributed by atoms with Gasteiger partial charge >= 0.3 is 0 Å². The second-order valence-corrected chi connectivity index (χ2v) is 4.89. The van der Waals surface area contributed by atoms with E-state index in [2.05, 4.69) is 20.8 Å². The lowest BCUT2D eigenvalue weighted by Gasteiger charge is -2.11. The molecule has 1 unspecified atom stereocenters. The number of anilines is 1. The molecule has 2 aromatic heterocycles. The van der Waals surface area contributed by atoms with Gasteiger partial charge in [-0.25, -0.2) is 0 Å². The summed E-state index contributed by atoms with van der Waals surface area (Å²) in [5.74, 6) is 2.45. The predicted molar refractivity (Wildman–Crippen MR) is 74.0 cm³/mol. The Hall–Kier alpha value is -1.88. The lowest BCUT2D eigenvalue weighted by molar-refractivity contribution is 0.545. The maximum atomic E-state index is 5.52. The van der Waals surface area contributed by atoms with Crippen molar-refractivity contribution < 1.29 is 4.42 Å². The maximum Gasteiger partial charge on any atom is 0.154 e. The Bertz CT molecular complexity index is 529. The summed E-state index contributed by atoms with van der Waals surface area (Å²) in [5.41, 5.74) is 0.762. The van der Waals surface area contributed by atoms with Crippen molar-refractivity contribution in [3.63, 3.8) is 0 Å². The molecule has 0 saturated carbocycles. The van der Waals surface area contributed by atoms with Gasteiger partial charge in [0, 0.05) is 12.6 Å². The molecule has 0 amide bonds. The van der Waals surface area contributed by atoms with Crippen molar-refractivity contribution in [3.05, 3.63) is 30.0 Å². The van der Waals surface area contributed by atoms with Crippen LogP contribution < -0.4 is 10.6 Å². The van der Waals surface area contributed by atoms with Gasteiger partial charge in [-0.3, -0.25) is 0 Å². The molecule has 5 nitrogen and oxygen atoms in total. The first-order valence-corrected chi connectivity index (χ1v) is 6.69. The van der Waals surface area contributed by atoms with Crippen LogP contribution in [0.1, 0.15) is 18.6 Å². The van der Waals surface area contributed by atoms with Gasteiger partial charge in [0.05, 0.1) is 0 Å². The number of nitrogens with one attached hydrogen (secondary N) is 2. The molecule has 5 heteroatoms. The predicted octanol–water partition coefficient (Wildman–Crippen LogP) is 2.21. The van der Waals surface area contributed by atoms with Crippen molar-refractivity contribution in [1.82, 2.24) is 15.5 Å². The second kappa shape index (κ2) is 5.40. The van der Waals surface area contributed by atoms with Gasteiger partial charge in [0.2, 0.25) is 0 Å². The van der Waals surface area contributed by atoms with Gasteiger partial charge in [0.15, 0.2) is 5.76 Å². The fourth-order valence-corrected chi connectivity index (χ4v) is 2.29. The zero-order chi connectivity index (χ0) is 13.1. The molecule has 0 aliphatic carbocycles. The number of nitrogens with zero attached hydrogens (tertiary/aromatic N) is 2. The van der Waals surface area contributed by atoms with E-state index in [9.17, 15) is 0 Å². The van der Waals surface area contributed by atoms with Crippen molar-refractivity contribution in [2.45, 2.75) is 25.8 Å². The highest BCUT2D eigenvalue weighted by molar-refractivity contribution is 5.53. The van der Waals surface area contributed by atoms with E-state index in [1.807, 2.05) is 31.2 Å². The summed E-state index contributed by atoms with van der Waals surface area (Å²) < 4.78 is 5.52. The highest BCUT2D eigenvalue weighted by atomic mass is 16.3. The Morgan fingerprint density at radius 1 is 1.32 bits per heavy atom. The molecule has 19 heavy (non-hydrogen) atoms. The van der Waals surface area contributed by atoms with Crippen LogP contribution in [0.2, 0.25) is 0 Å². The van der Waals surface area contributed by atoms with E-state index in [0.717, 1.165) is 36.1 Å². The Kier molecular flexibility index (Phi) is 3.46. The molecule has 100 valence electrons. The number of rotatable bonds is 4. The van der Waals surface area contributed by atoms with Crippen LogP contribution in [-0.2, 0) is 0 Å². The Labute approximate surface area is 112 Å². The topological polar surface area (TPSA) is 63.0 Å². The summed E-state index contributed by atoms with van der Waals surface area (Å²) in [6.07, 6.45) is 2.49. The lowest BCUT2D eigenvalue weighted by Crippen LogP contribution is -2.29. The first-order valence-electron chi connectivity index (χ1n) is 6.69. The molecule has 1 aliphatic rings. The van der Waals surface area contributed by atoms with Crippen LogP contribution in [0.25, 0.3) is 11.5 Å². The van der Waals surface area contributed by atoms with E-state index < -0.39 is 0 Å². The zero-order valence-electron chi connectivity index (χ0n) is 11.0. The summed E-state index contributed by atoms with van der Waals surface area (Å²) in [6.45, 7) is 3.93. The van der Waals surface area contributed by atoms with Crippen molar-refractivity contribution >= 4 is 5.82 Å². The molecule has 1 fully saturated rings. The molecular formula is C14H18N4O. The van der Waals surface area contributed by atoms with Crippen molar-refractivity contribution in [2.24, 2.45) is 0 Å². The van der Waals surface area contributed by atoms with Gasteiger partial charge in [0.25, 0.3) is 0 Å². The van der Waals surface area contributed by atoms with E-state index in [4.69, 9.17) is 4.42 Å². The monoisotopic (exact) mass is 258 g/mol. The fraction of sp³-hybridized carbons (Fsp3) is 0.429. The molecule has 1 atom stereocenters. The molecule has 1 aliphatic heterocycles. The lowest BCUT2D eigenvalue weighted by atomic mass is 10.2. The van der Waals surface area contributed by atoms with Crippen LogP contribution in [0.5, 0.6) is 0 Å². The first-order chi connectivity index (χ1) is 9.31. The molecule has 2 N–H and O–H groups in total. The molecule has 2 aromatic rings. The van der Waals surface area contributed by atoms with Crippen LogP contribution in [0.3, 0.4) is 0 Å². The van der Waals surface area contributed by atoms with Crippen molar-refractivity contribution in [1.29, 1.82) is 0 Å². The molecule has 1 saturated heterocycles. The summed E-state index contributed by atoms with van der Waals surface area (Å²) >= 11 is 0. The van der Waals surface area contributed by atoms with Gasteiger partial charge in [-0.15, -0.1) is 10.2 Å². The summed E-state index contributed by atoms with van der Waals surface area (Å²) in [7, 11) is 0.